The van der Waals surface area contributed by atoms with Crippen molar-refractivity contribution in [2.45, 2.75) is 26.7 Å². The van der Waals surface area contributed by atoms with Gasteiger partial charge >= 0.3 is 0 Å². The van der Waals surface area contributed by atoms with Crippen molar-refractivity contribution in [3.63, 3.8) is 0 Å². The highest BCUT2D eigenvalue weighted by molar-refractivity contribution is 9.10. The Morgan fingerprint density at radius 1 is 1.15 bits per heavy atom. The molecule has 2 amide bonds. The average Bonchev–Trinajstić information content (AvgIpc) is 2.45. The fourth-order valence-corrected chi connectivity index (χ4v) is 1.87. The van der Waals surface area contributed by atoms with E-state index >= 15 is 0 Å². The van der Waals surface area contributed by atoms with E-state index in [9.17, 15) is 9.59 Å². The number of ether oxygens (including phenoxy) is 1. The van der Waals surface area contributed by atoms with E-state index in [0.29, 0.717) is 5.75 Å². The third kappa shape index (κ3) is 5.61. The summed E-state index contributed by atoms with van der Waals surface area (Å²) < 4.78 is 6.22. The second kappa shape index (κ2) is 8.58. The molecule has 0 aliphatic heterocycles. The molecule has 0 atom stereocenters. The highest BCUT2D eigenvalue weighted by Gasteiger charge is 2.14. The molecule has 0 radical (unpaired) electrons. The second-order valence-electron chi connectivity index (χ2n) is 4.29. The number of carbonyl (C=O) groups excluding carboxylic acids is 2. The lowest BCUT2D eigenvalue weighted by Crippen LogP contribution is -2.46. The van der Waals surface area contributed by atoms with E-state index in [1.807, 2.05) is 26.0 Å². The minimum atomic E-state index is -0.396. The first-order chi connectivity index (χ1) is 9.56. The zero-order valence-corrected chi connectivity index (χ0v) is 13.2. The fraction of sp³-hybridized carbons (Fsp3) is 0.429. The molecular formula is C14H19BrN2O3. The summed E-state index contributed by atoms with van der Waals surface area (Å²) in [5, 5.41) is 0. The molecule has 0 unspecified atom stereocenters. The Bertz CT molecular complexity index is 444. The Kier molecular flexibility index (Phi) is 7.08. The molecule has 0 aliphatic carbocycles. The normalized spacial score (nSPS) is 10.2. The van der Waals surface area contributed by atoms with Gasteiger partial charge in [0.1, 0.15) is 5.75 Å². The predicted molar refractivity (Wildman–Crippen MR) is 80.0 cm³/mol. The minimum absolute atomic E-state index is 0.0808. The van der Waals surface area contributed by atoms with Crippen LogP contribution in [0.1, 0.15) is 26.7 Å². The van der Waals surface area contributed by atoms with Gasteiger partial charge in [-0.15, -0.1) is 0 Å². The number of rotatable bonds is 6. The summed E-state index contributed by atoms with van der Waals surface area (Å²) in [6.07, 6.45) is 1.49. The number of nitrogens with one attached hydrogen (secondary N) is 2. The zero-order chi connectivity index (χ0) is 15.0. The van der Waals surface area contributed by atoms with Crippen LogP contribution in [0.5, 0.6) is 5.75 Å². The molecule has 6 heteroatoms. The van der Waals surface area contributed by atoms with Gasteiger partial charge in [-0.25, -0.2) is 0 Å². The van der Waals surface area contributed by atoms with Gasteiger partial charge in [0, 0.05) is 10.4 Å². The summed E-state index contributed by atoms with van der Waals surface area (Å²) in [6.45, 7) is 3.73. The number of hydrazine groups is 1. The maximum Gasteiger partial charge on any atom is 0.276 e. The van der Waals surface area contributed by atoms with Gasteiger partial charge in [0.05, 0.1) is 0 Å². The number of hydrogen-bond donors (Lipinski definition) is 2. The van der Waals surface area contributed by atoms with Crippen molar-refractivity contribution in [3.8, 4) is 5.75 Å². The molecule has 0 heterocycles. The lowest BCUT2D eigenvalue weighted by molar-refractivity contribution is -0.132. The van der Waals surface area contributed by atoms with Crippen LogP contribution < -0.4 is 15.6 Å². The van der Waals surface area contributed by atoms with Crippen LogP contribution in [0.2, 0.25) is 0 Å². The van der Waals surface area contributed by atoms with Crippen molar-refractivity contribution in [1.82, 2.24) is 10.9 Å². The van der Waals surface area contributed by atoms with Crippen molar-refractivity contribution >= 4 is 27.7 Å². The summed E-state index contributed by atoms with van der Waals surface area (Å²) >= 11 is 3.31. The van der Waals surface area contributed by atoms with Crippen molar-refractivity contribution in [2.24, 2.45) is 5.92 Å². The molecule has 0 saturated heterocycles. The maximum atomic E-state index is 11.6. The molecule has 110 valence electrons. The van der Waals surface area contributed by atoms with Gasteiger partial charge in [-0.1, -0.05) is 29.8 Å². The SMILES string of the molecule is CCC(CC)C(=O)NNC(=O)COc1ccc(Br)cc1. The molecule has 0 aliphatic rings. The molecule has 1 rings (SSSR count). The highest BCUT2D eigenvalue weighted by atomic mass is 79.9. The van der Waals surface area contributed by atoms with Crippen molar-refractivity contribution < 1.29 is 14.3 Å². The number of benzene rings is 1. The van der Waals surface area contributed by atoms with Crippen LogP contribution in [0, 0.1) is 5.92 Å². The van der Waals surface area contributed by atoms with E-state index in [2.05, 4.69) is 26.8 Å². The first kappa shape index (κ1) is 16.5. The average molecular weight is 343 g/mol. The monoisotopic (exact) mass is 342 g/mol. The maximum absolute atomic E-state index is 11.6. The lowest BCUT2D eigenvalue weighted by atomic mass is 10.0. The molecule has 0 fully saturated rings. The Morgan fingerprint density at radius 3 is 2.30 bits per heavy atom. The first-order valence-electron chi connectivity index (χ1n) is 6.53. The third-order valence-corrected chi connectivity index (χ3v) is 3.39. The van der Waals surface area contributed by atoms with Crippen molar-refractivity contribution in [3.05, 3.63) is 28.7 Å². The lowest BCUT2D eigenvalue weighted by Gasteiger charge is -2.13. The summed E-state index contributed by atoms with van der Waals surface area (Å²) in [5.41, 5.74) is 4.74. The van der Waals surface area contributed by atoms with Gasteiger partial charge in [-0.05, 0) is 37.1 Å². The summed E-state index contributed by atoms with van der Waals surface area (Å²) in [4.78, 5) is 23.2. The topological polar surface area (TPSA) is 67.4 Å². The van der Waals surface area contributed by atoms with E-state index in [-0.39, 0.29) is 18.4 Å². The molecule has 1 aromatic carbocycles. The van der Waals surface area contributed by atoms with E-state index in [4.69, 9.17) is 4.74 Å². The van der Waals surface area contributed by atoms with Gasteiger partial charge in [0.15, 0.2) is 6.61 Å². The molecular weight excluding hydrogens is 324 g/mol. The second-order valence-corrected chi connectivity index (χ2v) is 5.21. The van der Waals surface area contributed by atoms with Crippen LogP contribution in [-0.4, -0.2) is 18.4 Å². The first-order valence-corrected chi connectivity index (χ1v) is 7.33. The smallest absolute Gasteiger partial charge is 0.276 e. The Hall–Kier alpha value is -1.56. The van der Waals surface area contributed by atoms with Gasteiger partial charge < -0.3 is 4.74 Å². The van der Waals surface area contributed by atoms with E-state index in [1.165, 1.54) is 0 Å². The molecule has 0 bridgehead atoms. The van der Waals surface area contributed by atoms with Gasteiger partial charge in [-0.3, -0.25) is 20.4 Å². The quantitative estimate of drug-likeness (QED) is 0.780. The van der Waals surface area contributed by atoms with Crippen LogP contribution in [-0.2, 0) is 9.59 Å². The summed E-state index contributed by atoms with van der Waals surface area (Å²) in [7, 11) is 0. The van der Waals surface area contributed by atoms with Gasteiger partial charge in [0.2, 0.25) is 5.91 Å². The van der Waals surface area contributed by atoms with E-state index in [1.54, 1.807) is 12.1 Å². The summed E-state index contributed by atoms with van der Waals surface area (Å²) in [6, 6.07) is 7.14. The molecule has 0 saturated carbocycles. The van der Waals surface area contributed by atoms with Gasteiger partial charge in [-0.2, -0.15) is 0 Å². The largest absolute Gasteiger partial charge is 0.484 e. The zero-order valence-electron chi connectivity index (χ0n) is 11.6. The van der Waals surface area contributed by atoms with E-state index in [0.717, 1.165) is 17.3 Å². The Morgan fingerprint density at radius 2 is 1.75 bits per heavy atom. The highest BCUT2D eigenvalue weighted by Crippen LogP contribution is 2.15. The van der Waals surface area contributed by atoms with Crippen LogP contribution in [0.3, 0.4) is 0 Å². The predicted octanol–water partition coefficient (Wildman–Crippen LogP) is 2.41. The summed E-state index contributed by atoms with van der Waals surface area (Å²) in [5.74, 6) is -0.0587. The molecule has 20 heavy (non-hydrogen) atoms. The molecule has 2 N–H and O–H groups in total. The van der Waals surface area contributed by atoms with Crippen LogP contribution in [0.15, 0.2) is 28.7 Å². The Labute approximate surface area is 127 Å². The molecule has 0 spiro atoms. The van der Waals surface area contributed by atoms with Gasteiger partial charge in [0.25, 0.3) is 5.91 Å². The van der Waals surface area contributed by atoms with Crippen LogP contribution >= 0.6 is 15.9 Å². The number of amides is 2. The third-order valence-electron chi connectivity index (χ3n) is 2.87. The number of halogens is 1. The standard InChI is InChI=1S/C14H19BrN2O3/c1-3-10(4-2)14(19)17-16-13(18)9-20-12-7-5-11(15)6-8-12/h5-8,10H,3-4,9H2,1-2H3,(H,16,18)(H,17,19). The van der Waals surface area contributed by atoms with E-state index < -0.39 is 5.91 Å². The van der Waals surface area contributed by atoms with Crippen LogP contribution in [0.4, 0.5) is 0 Å². The molecule has 0 aromatic heterocycles. The molecule has 1 aromatic rings. The molecule has 5 nitrogen and oxygen atoms in total. The number of hydrogen-bond acceptors (Lipinski definition) is 3. The Balaban J connectivity index is 2.30. The fourth-order valence-electron chi connectivity index (χ4n) is 1.61. The van der Waals surface area contributed by atoms with Crippen molar-refractivity contribution in [1.29, 1.82) is 0 Å². The number of carbonyl (C=O) groups is 2. The van der Waals surface area contributed by atoms with Crippen LogP contribution in [0.25, 0.3) is 0 Å². The minimum Gasteiger partial charge on any atom is -0.484 e. The van der Waals surface area contributed by atoms with Crippen molar-refractivity contribution in [2.75, 3.05) is 6.61 Å².